The zero-order valence-corrected chi connectivity index (χ0v) is 15.5. The van der Waals surface area contributed by atoms with Crippen molar-refractivity contribution in [1.82, 2.24) is 10.2 Å². The number of benzene rings is 2. The topological polar surface area (TPSA) is 44.8 Å². The third-order valence-corrected chi connectivity index (χ3v) is 4.77. The van der Waals surface area contributed by atoms with E-state index in [4.69, 9.17) is 4.74 Å². The molecule has 0 aliphatic carbocycles. The van der Waals surface area contributed by atoms with E-state index in [1.807, 2.05) is 61.5 Å². The summed E-state index contributed by atoms with van der Waals surface area (Å²) in [7, 11) is 3.98. The predicted molar refractivity (Wildman–Crippen MR) is 105 cm³/mol. The number of carbonyl (C=O) groups is 1. The minimum absolute atomic E-state index is 0.0375. The Labute approximate surface area is 155 Å². The van der Waals surface area contributed by atoms with E-state index < -0.39 is 0 Å². The molecule has 26 heavy (non-hydrogen) atoms. The first-order chi connectivity index (χ1) is 12.6. The van der Waals surface area contributed by atoms with E-state index in [0.29, 0.717) is 12.1 Å². The van der Waals surface area contributed by atoms with E-state index in [1.165, 1.54) is 5.56 Å². The highest BCUT2D eigenvalue weighted by Gasteiger charge is 2.23. The van der Waals surface area contributed by atoms with Crippen LogP contribution in [0.25, 0.3) is 0 Å². The largest absolute Gasteiger partial charge is 0.379 e. The maximum Gasteiger partial charge on any atom is 0.251 e. The van der Waals surface area contributed by atoms with Crippen LogP contribution in [-0.2, 0) is 4.74 Å². The maximum atomic E-state index is 12.6. The Bertz CT molecular complexity index is 695. The van der Waals surface area contributed by atoms with E-state index in [1.54, 1.807) is 0 Å². The van der Waals surface area contributed by atoms with Crippen molar-refractivity contribution in [2.75, 3.05) is 51.8 Å². The van der Waals surface area contributed by atoms with Crippen molar-refractivity contribution < 1.29 is 9.53 Å². The van der Waals surface area contributed by atoms with Crippen molar-refractivity contribution in [2.45, 2.75) is 6.04 Å². The third-order valence-electron chi connectivity index (χ3n) is 4.77. The molecule has 1 atom stereocenters. The molecule has 1 fully saturated rings. The van der Waals surface area contributed by atoms with Gasteiger partial charge in [0.25, 0.3) is 5.91 Å². The molecule has 5 nitrogen and oxygen atoms in total. The quantitative estimate of drug-likeness (QED) is 0.867. The van der Waals surface area contributed by atoms with Gasteiger partial charge in [-0.15, -0.1) is 0 Å². The Kier molecular flexibility index (Phi) is 6.26. The number of hydrogen-bond donors (Lipinski definition) is 1. The van der Waals surface area contributed by atoms with Crippen molar-refractivity contribution >= 4 is 11.6 Å². The summed E-state index contributed by atoms with van der Waals surface area (Å²) >= 11 is 0. The first-order valence-corrected chi connectivity index (χ1v) is 9.07. The van der Waals surface area contributed by atoms with Crippen LogP contribution in [0.1, 0.15) is 22.0 Å². The minimum atomic E-state index is -0.0375. The normalized spacial score (nSPS) is 16.1. The summed E-state index contributed by atoms with van der Waals surface area (Å²) in [5, 5.41) is 3.11. The van der Waals surface area contributed by atoms with E-state index in [9.17, 15) is 4.79 Å². The number of hydrogen-bond acceptors (Lipinski definition) is 4. The number of ether oxygens (including phenoxy) is 1. The number of carbonyl (C=O) groups excluding carboxylic acids is 1. The molecule has 0 aromatic heterocycles. The predicted octanol–water partition coefficient (Wildman–Crippen LogP) is 2.56. The summed E-state index contributed by atoms with van der Waals surface area (Å²) in [6.45, 7) is 3.82. The number of anilines is 1. The average Bonchev–Trinajstić information content (AvgIpc) is 2.69. The molecule has 3 rings (SSSR count). The highest BCUT2D eigenvalue weighted by atomic mass is 16.5. The Morgan fingerprint density at radius 2 is 1.73 bits per heavy atom. The molecule has 0 radical (unpaired) electrons. The standard InChI is InChI=1S/C21H27N3O2/c1-23(2)19-10-8-18(9-11-19)21(25)22-16-20(17-6-4-3-5-7-17)24-12-14-26-15-13-24/h3-11,20H,12-16H2,1-2H3,(H,22,25). The maximum absolute atomic E-state index is 12.6. The molecule has 0 bridgehead atoms. The van der Waals surface area contributed by atoms with Crippen LogP contribution in [0.4, 0.5) is 5.69 Å². The second kappa shape index (κ2) is 8.83. The molecule has 1 aliphatic heterocycles. The van der Waals surface area contributed by atoms with Crippen molar-refractivity contribution in [3.63, 3.8) is 0 Å². The van der Waals surface area contributed by atoms with Crippen LogP contribution in [0.5, 0.6) is 0 Å². The average molecular weight is 353 g/mol. The van der Waals surface area contributed by atoms with E-state index in [-0.39, 0.29) is 11.9 Å². The fourth-order valence-corrected chi connectivity index (χ4v) is 3.22. The summed E-state index contributed by atoms with van der Waals surface area (Å²) in [5.74, 6) is -0.0375. The SMILES string of the molecule is CN(C)c1ccc(C(=O)NCC(c2ccccc2)N2CCOCC2)cc1. The van der Waals surface area contributed by atoms with E-state index in [0.717, 1.165) is 32.0 Å². The molecule has 2 aromatic carbocycles. The third kappa shape index (κ3) is 4.62. The Hall–Kier alpha value is -2.37. The van der Waals surface area contributed by atoms with Gasteiger partial charge in [-0.3, -0.25) is 9.69 Å². The summed E-state index contributed by atoms with van der Waals surface area (Å²) in [6, 6.07) is 18.2. The highest BCUT2D eigenvalue weighted by molar-refractivity contribution is 5.94. The molecular weight excluding hydrogens is 326 g/mol. The molecule has 1 aliphatic rings. The van der Waals surface area contributed by atoms with Crippen molar-refractivity contribution in [3.8, 4) is 0 Å². The van der Waals surface area contributed by atoms with E-state index >= 15 is 0 Å². The first-order valence-electron chi connectivity index (χ1n) is 9.07. The molecule has 5 heteroatoms. The number of rotatable bonds is 6. The lowest BCUT2D eigenvalue weighted by atomic mass is 10.0. The van der Waals surface area contributed by atoms with Crippen LogP contribution in [-0.4, -0.2) is 57.8 Å². The zero-order valence-electron chi connectivity index (χ0n) is 15.5. The zero-order chi connectivity index (χ0) is 18.4. The highest BCUT2D eigenvalue weighted by Crippen LogP contribution is 2.21. The van der Waals surface area contributed by atoms with Crippen molar-refractivity contribution in [1.29, 1.82) is 0 Å². The molecule has 2 aromatic rings. The molecule has 1 saturated heterocycles. The molecule has 0 spiro atoms. The van der Waals surface area contributed by atoms with Gasteiger partial charge in [0.1, 0.15) is 0 Å². The number of morpholine rings is 1. The van der Waals surface area contributed by atoms with Gasteiger partial charge in [0.2, 0.25) is 0 Å². The number of nitrogens with zero attached hydrogens (tertiary/aromatic N) is 2. The summed E-state index contributed by atoms with van der Waals surface area (Å²) in [5.41, 5.74) is 2.99. The molecule has 0 saturated carbocycles. The molecule has 138 valence electrons. The molecule has 1 unspecified atom stereocenters. The van der Waals surface area contributed by atoms with Crippen LogP contribution in [0.2, 0.25) is 0 Å². The fourth-order valence-electron chi connectivity index (χ4n) is 3.22. The molecule has 1 N–H and O–H groups in total. The Morgan fingerprint density at radius 3 is 2.35 bits per heavy atom. The monoisotopic (exact) mass is 353 g/mol. The molecule has 1 heterocycles. The summed E-state index contributed by atoms with van der Waals surface area (Å²) < 4.78 is 5.48. The van der Waals surface area contributed by atoms with Crippen LogP contribution in [0, 0.1) is 0 Å². The van der Waals surface area contributed by atoms with Crippen molar-refractivity contribution in [3.05, 3.63) is 65.7 Å². The van der Waals surface area contributed by atoms with E-state index in [2.05, 4.69) is 22.3 Å². The van der Waals surface area contributed by atoms with Crippen molar-refractivity contribution in [2.24, 2.45) is 0 Å². The van der Waals surface area contributed by atoms with Gasteiger partial charge in [-0.05, 0) is 29.8 Å². The van der Waals surface area contributed by atoms with Crippen LogP contribution < -0.4 is 10.2 Å². The lowest BCUT2D eigenvalue weighted by molar-refractivity contribution is 0.0162. The van der Waals surface area contributed by atoms with Crippen LogP contribution >= 0.6 is 0 Å². The van der Waals surface area contributed by atoms with Gasteiger partial charge in [0.05, 0.1) is 19.3 Å². The van der Waals surface area contributed by atoms with Gasteiger partial charge in [0.15, 0.2) is 0 Å². The summed E-state index contributed by atoms with van der Waals surface area (Å²) in [6.07, 6.45) is 0. The van der Waals surface area contributed by atoms with Crippen LogP contribution in [0.15, 0.2) is 54.6 Å². The fraction of sp³-hybridized carbons (Fsp3) is 0.381. The number of amides is 1. The number of nitrogens with one attached hydrogen (secondary N) is 1. The molecule has 1 amide bonds. The Morgan fingerprint density at radius 1 is 1.08 bits per heavy atom. The lowest BCUT2D eigenvalue weighted by Crippen LogP contribution is -2.43. The lowest BCUT2D eigenvalue weighted by Gasteiger charge is -2.35. The first kappa shape index (κ1) is 18.4. The Balaban J connectivity index is 1.67. The molecular formula is C21H27N3O2. The van der Waals surface area contributed by atoms with Gasteiger partial charge in [-0.25, -0.2) is 0 Å². The van der Waals surface area contributed by atoms with Crippen LogP contribution in [0.3, 0.4) is 0 Å². The second-order valence-corrected chi connectivity index (χ2v) is 6.73. The van der Waals surface area contributed by atoms with Gasteiger partial charge in [0, 0.05) is 45.0 Å². The summed E-state index contributed by atoms with van der Waals surface area (Å²) in [4.78, 5) is 17.0. The van der Waals surface area contributed by atoms with Gasteiger partial charge in [-0.2, -0.15) is 0 Å². The van der Waals surface area contributed by atoms with Gasteiger partial charge < -0.3 is 15.0 Å². The second-order valence-electron chi connectivity index (χ2n) is 6.73. The van der Waals surface area contributed by atoms with Gasteiger partial charge >= 0.3 is 0 Å². The van der Waals surface area contributed by atoms with Gasteiger partial charge in [-0.1, -0.05) is 30.3 Å². The minimum Gasteiger partial charge on any atom is -0.379 e. The smallest absolute Gasteiger partial charge is 0.251 e.